The molecule has 0 saturated heterocycles. The van der Waals surface area contributed by atoms with E-state index in [0.29, 0.717) is 16.9 Å². The molecule has 6 heteroatoms. The van der Waals surface area contributed by atoms with Crippen LogP contribution in [0.1, 0.15) is 23.7 Å². The van der Waals surface area contributed by atoms with Crippen molar-refractivity contribution in [1.29, 1.82) is 0 Å². The minimum atomic E-state index is -4.54. The number of alkyl halides is 3. The van der Waals surface area contributed by atoms with Crippen LogP contribution in [0.4, 0.5) is 18.9 Å². The fourth-order valence-electron chi connectivity index (χ4n) is 3.54. The van der Waals surface area contributed by atoms with Crippen LogP contribution in [0.3, 0.4) is 0 Å². The number of aromatic nitrogens is 2. The van der Waals surface area contributed by atoms with Crippen LogP contribution in [0.25, 0.3) is 33.9 Å². The van der Waals surface area contributed by atoms with Crippen molar-refractivity contribution in [1.82, 2.24) is 9.55 Å². The van der Waals surface area contributed by atoms with Crippen molar-refractivity contribution >= 4 is 22.5 Å². The van der Waals surface area contributed by atoms with Gasteiger partial charge in [0.25, 0.3) is 0 Å². The van der Waals surface area contributed by atoms with E-state index < -0.39 is 11.9 Å². The number of halogens is 3. The average Bonchev–Trinajstić information content (AvgIpc) is 3.16. The van der Waals surface area contributed by atoms with E-state index in [2.05, 4.69) is 4.98 Å². The van der Waals surface area contributed by atoms with Gasteiger partial charge in [-0.1, -0.05) is 36.4 Å². The lowest BCUT2D eigenvalue weighted by molar-refractivity contribution is -0.140. The number of hydrogen-bond acceptors (Lipinski definition) is 2. The number of allylic oxidation sites excluding steroid dienone is 1. The number of imidazole rings is 1. The first-order valence-electron chi connectivity index (χ1n) is 9.47. The number of nitrogens with zero attached hydrogens (tertiary/aromatic N) is 2. The first-order chi connectivity index (χ1) is 14.3. The zero-order chi connectivity index (χ0) is 21.5. The molecule has 0 atom stereocenters. The third kappa shape index (κ3) is 3.56. The van der Waals surface area contributed by atoms with E-state index in [9.17, 15) is 13.2 Å². The second-order valence-electron chi connectivity index (χ2n) is 7.14. The summed E-state index contributed by atoms with van der Waals surface area (Å²) in [5.41, 5.74) is 8.72. The Labute approximate surface area is 172 Å². The minimum absolute atomic E-state index is 0.224. The molecule has 4 rings (SSSR count). The molecule has 0 aliphatic carbocycles. The van der Waals surface area contributed by atoms with Gasteiger partial charge in [-0.15, -0.1) is 0 Å². The Balaban J connectivity index is 1.93. The second kappa shape index (κ2) is 7.37. The predicted molar refractivity (Wildman–Crippen MR) is 115 cm³/mol. The van der Waals surface area contributed by atoms with Crippen LogP contribution < -0.4 is 5.73 Å². The van der Waals surface area contributed by atoms with E-state index in [4.69, 9.17) is 5.73 Å². The van der Waals surface area contributed by atoms with Crippen molar-refractivity contribution in [2.45, 2.75) is 20.0 Å². The van der Waals surface area contributed by atoms with Crippen molar-refractivity contribution in [3.05, 3.63) is 83.7 Å². The molecule has 0 saturated carbocycles. The summed E-state index contributed by atoms with van der Waals surface area (Å²) in [6.45, 7) is 3.99. The van der Waals surface area contributed by atoms with E-state index in [0.717, 1.165) is 28.1 Å². The second-order valence-corrected chi connectivity index (χ2v) is 7.14. The fourth-order valence-corrected chi connectivity index (χ4v) is 3.54. The van der Waals surface area contributed by atoms with E-state index in [1.807, 2.05) is 56.3 Å². The summed E-state index contributed by atoms with van der Waals surface area (Å²) in [6, 6.07) is 16.3. The van der Waals surface area contributed by atoms with Crippen LogP contribution in [-0.2, 0) is 6.18 Å². The third-order valence-electron chi connectivity index (χ3n) is 5.04. The Bertz CT molecular complexity index is 1250. The zero-order valence-electron chi connectivity index (χ0n) is 16.5. The minimum Gasteiger partial charge on any atom is -0.399 e. The molecule has 0 amide bonds. The van der Waals surface area contributed by atoms with E-state index in [-0.39, 0.29) is 5.82 Å². The maximum Gasteiger partial charge on any atom is 0.434 e. The van der Waals surface area contributed by atoms with Gasteiger partial charge in [-0.2, -0.15) is 13.2 Å². The topological polar surface area (TPSA) is 43.8 Å². The Hall–Kier alpha value is -3.54. The quantitative estimate of drug-likeness (QED) is 0.387. The molecule has 1 heterocycles. The Morgan fingerprint density at radius 3 is 2.40 bits per heavy atom. The molecule has 0 aliphatic rings. The molecule has 4 aromatic rings. The summed E-state index contributed by atoms with van der Waals surface area (Å²) in [6.07, 6.45) is 0.486. The molecule has 0 fully saturated rings. The molecule has 0 bridgehead atoms. The highest BCUT2D eigenvalue weighted by Crippen LogP contribution is 2.34. The Morgan fingerprint density at radius 2 is 1.73 bits per heavy atom. The van der Waals surface area contributed by atoms with E-state index >= 15 is 0 Å². The number of benzene rings is 3. The van der Waals surface area contributed by atoms with Gasteiger partial charge in [0, 0.05) is 23.1 Å². The highest BCUT2D eigenvalue weighted by molar-refractivity contribution is 5.94. The molecule has 1 aromatic heterocycles. The van der Waals surface area contributed by atoms with Gasteiger partial charge < -0.3 is 5.73 Å². The molecule has 152 valence electrons. The highest BCUT2D eigenvalue weighted by atomic mass is 19.4. The molecule has 0 spiro atoms. The zero-order valence-corrected chi connectivity index (χ0v) is 16.5. The molecule has 3 nitrogen and oxygen atoms in total. The Morgan fingerprint density at radius 1 is 1.00 bits per heavy atom. The number of hydrogen-bond donors (Lipinski definition) is 1. The largest absolute Gasteiger partial charge is 0.434 e. The van der Waals surface area contributed by atoms with Crippen molar-refractivity contribution in [2.24, 2.45) is 0 Å². The third-order valence-corrected chi connectivity index (χ3v) is 5.04. The SMILES string of the molecule is C/C=C\c1c(C)ccc2cc(-c3nc(C(F)(F)F)cn3-c3ccc(N)cc3)ccc12. The molecule has 0 unspecified atom stereocenters. The van der Waals surface area contributed by atoms with Crippen molar-refractivity contribution in [3.8, 4) is 17.1 Å². The maximum absolute atomic E-state index is 13.4. The number of anilines is 1. The summed E-state index contributed by atoms with van der Waals surface area (Å²) in [4.78, 5) is 3.93. The van der Waals surface area contributed by atoms with Gasteiger partial charge in [0.1, 0.15) is 5.82 Å². The molecule has 30 heavy (non-hydrogen) atoms. The first-order valence-corrected chi connectivity index (χ1v) is 9.47. The van der Waals surface area contributed by atoms with Gasteiger partial charge in [-0.3, -0.25) is 4.57 Å². The smallest absolute Gasteiger partial charge is 0.399 e. The molecule has 0 radical (unpaired) electrons. The summed E-state index contributed by atoms with van der Waals surface area (Å²) in [5, 5.41) is 1.98. The first kappa shape index (κ1) is 19.8. The van der Waals surface area contributed by atoms with Gasteiger partial charge in [0.05, 0.1) is 0 Å². The monoisotopic (exact) mass is 407 g/mol. The van der Waals surface area contributed by atoms with Gasteiger partial charge in [0.15, 0.2) is 5.69 Å². The van der Waals surface area contributed by atoms with Crippen molar-refractivity contribution in [2.75, 3.05) is 5.73 Å². The van der Waals surface area contributed by atoms with Gasteiger partial charge in [-0.25, -0.2) is 4.98 Å². The predicted octanol–water partition coefficient (Wildman–Crippen LogP) is 6.64. The van der Waals surface area contributed by atoms with Gasteiger partial charge >= 0.3 is 6.18 Å². The normalized spacial score (nSPS) is 12.2. The number of nitrogens with two attached hydrogens (primary N) is 1. The van der Waals surface area contributed by atoms with Crippen LogP contribution in [0.15, 0.2) is 66.9 Å². The van der Waals surface area contributed by atoms with Crippen LogP contribution >= 0.6 is 0 Å². The summed E-state index contributed by atoms with van der Waals surface area (Å²) < 4.78 is 41.7. The van der Waals surface area contributed by atoms with Gasteiger partial charge in [-0.05, 0) is 66.1 Å². The van der Waals surface area contributed by atoms with E-state index in [1.165, 1.54) is 4.57 Å². The highest BCUT2D eigenvalue weighted by Gasteiger charge is 2.35. The number of rotatable bonds is 3. The lowest BCUT2D eigenvalue weighted by Gasteiger charge is -2.11. The van der Waals surface area contributed by atoms with E-state index in [1.54, 1.807) is 24.3 Å². The van der Waals surface area contributed by atoms with Crippen LogP contribution in [0, 0.1) is 6.92 Å². The van der Waals surface area contributed by atoms with Crippen molar-refractivity contribution in [3.63, 3.8) is 0 Å². The number of aryl methyl sites for hydroxylation is 1. The van der Waals surface area contributed by atoms with Crippen LogP contribution in [0.2, 0.25) is 0 Å². The summed E-state index contributed by atoms with van der Waals surface area (Å²) in [7, 11) is 0. The summed E-state index contributed by atoms with van der Waals surface area (Å²) in [5.74, 6) is 0.224. The Kier molecular flexibility index (Phi) is 4.86. The summed E-state index contributed by atoms with van der Waals surface area (Å²) >= 11 is 0. The molecular formula is C24H20F3N3. The van der Waals surface area contributed by atoms with Crippen LogP contribution in [-0.4, -0.2) is 9.55 Å². The number of fused-ring (bicyclic) bond motifs is 1. The standard InChI is InChI=1S/C24H20F3N3/c1-3-4-20-15(2)5-6-16-13-17(7-12-21(16)20)23-29-22(24(25,26)27)14-30(23)19-10-8-18(28)9-11-19/h3-14H,28H2,1-2H3/b4-3-. The lowest BCUT2D eigenvalue weighted by atomic mass is 9.97. The maximum atomic E-state index is 13.4. The molecular weight excluding hydrogens is 387 g/mol. The number of nitrogen functional groups attached to an aromatic ring is 1. The molecule has 0 aliphatic heterocycles. The van der Waals surface area contributed by atoms with Gasteiger partial charge in [0.2, 0.25) is 0 Å². The van der Waals surface area contributed by atoms with Crippen LogP contribution in [0.5, 0.6) is 0 Å². The fraction of sp³-hybridized carbons (Fsp3) is 0.125. The van der Waals surface area contributed by atoms with Crippen molar-refractivity contribution < 1.29 is 13.2 Å². The molecule has 3 aromatic carbocycles. The molecule has 2 N–H and O–H groups in total. The lowest BCUT2D eigenvalue weighted by Crippen LogP contribution is -2.05. The average molecular weight is 407 g/mol.